The van der Waals surface area contributed by atoms with Gasteiger partial charge < -0.3 is 4.90 Å². The van der Waals surface area contributed by atoms with Crippen molar-refractivity contribution >= 4 is 5.91 Å². The van der Waals surface area contributed by atoms with Gasteiger partial charge in [-0.1, -0.05) is 5.92 Å². The third-order valence-corrected chi connectivity index (χ3v) is 1.35. The van der Waals surface area contributed by atoms with Gasteiger partial charge in [0.25, 0.3) is 0 Å². The molecule has 0 aromatic heterocycles. The largest absolute Gasteiger partial charge is 0.406 e. The highest BCUT2D eigenvalue weighted by Crippen LogP contribution is 2.15. The first-order valence-electron chi connectivity index (χ1n) is 3.81. The molecule has 80 valence electrons. The number of rotatable bonds is 4. The van der Waals surface area contributed by atoms with Crippen molar-refractivity contribution in [1.29, 1.82) is 0 Å². The highest BCUT2D eigenvalue weighted by molar-refractivity contribution is 5.78. The number of hydrogen-bond donors (Lipinski definition) is 1. The third kappa shape index (κ3) is 6.31. The molecule has 1 amide bonds. The zero-order chi connectivity index (χ0) is 11.2. The molecule has 14 heavy (non-hydrogen) atoms. The molecule has 0 aliphatic heterocycles. The van der Waals surface area contributed by atoms with Crippen LogP contribution in [0.2, 0.25) is 0 Å². The van der Waals surface area contributed by atoms with Crippen LogP contribution in [-0.2, 0) is 4.79 Å². The predicted molar refractivity (Wildman–Crippen MR) is 45.4 cm³/mol. The van der Waals surface area contributed by atoms with E-state index in [9.17, 15) is 18.0 Å². The number of nitrogens with one attached hydrogen (secondary N) is 1. The summed E-state index contributed by atoms with van der Waals surface area (Å²) in [4.78, 5) is 11.6. The van der Waals surface area contributed by atoms with E-state index in [1.165, 1.54) is 0 Å². The monoisotopic (exact) mass is 208 g/mol. The molecule has 0 spiro atoms. The zero-order valence-corrected chi connectivity index (χ0v) is 7.69. The molecule has 0 saturated heterocycles. The molecular weight excluding hydrogens is 197 g/mol. The standard InChI is InChI=1S/C8H11F3N2O/c1-3-4-12-5-7(14)13(2)6-8(9,10)11/h1,12H,4-6H2,2H3. The topological polar surface area (TPSA) is 32.3 Å². The second-order valence-corrected chi connectivity index (χ2v) is 2.67. The van der Waals surface area contributed by atoms with Crippen molar-refractivity contribution in [3.05, 3.63) is 0 Å². The van der Waals surface area contributed by atoms with Crippen LogP contribution in [0.3, 0.4) is 0 Å². The van der Waals surface area contributed by atoms with Gasteiger partial charge in [-0.15, -0.1) is 6.42 Å². The molecular formula is C8H11F3N2O. The summed E-state index contributed by atoms with van der Waals surface area (Å²) in [5.74, 6) is 1.57. The smallest absolute Gasteiger partial charge is 0.336 e. The lowest BCUT2D eigenvalue weighted by molar-refractivity contribution is -0.157. The normalized spacial score (nSPS) is 10.8. The average molecular weight is 208 g/mol. The van der Waals surface area contributed by atoms with Crippen molar-refractivity contribution < 1.29 is 18.0 Å². The van der Waals surface area contributed by atoms with E-state index in [4.69, 9.17) is 6.42 Å². The maximum atomic E-state index is 11.8. The molecule has 3 nitrogen and oxygen atoms in total. The van der Waals surface area contributed by atoms with Gasteiger partial charge in [0.1, 0.15) is 6.54 Å². The van der Waals surface area contributed by atoms with E-state index in [1.807, 2.05) is 0 Å². The second-order valence-electron chi connectivity index (χ2n) is 2.67. The van der Waals surface area contributed by atoms with Gasteiger partial charge in [0.2, 0.25) is 5.91 Å². The van der Waals surface area contributed by atoms with Crippen molar-refractivity contribution in [2.75, 3.05) is 26.7 Å². The number of terminal acetylenes is 1. The van der Waals surface area contributed by atoms with Gasteiger partial charge in [0.05, 0.1) is 13.1 Å². The lowest BCUT2D eigenvalue weighted by atomic mass is 10.4. The molecule has 0 aliphatic rings. The fourth-order valence-corrected chi connectivity index (χ4v) is 0.734. The van der Waals surface area contributed by atoms with Crippen LogP contribution in [0.15, 0.2) is 0 Å². The van der Waals surface area contributed by atoms with Crippen LogP contribution in [0, 0.1) is 12.3 Å². The van der Waals surface area contributed by atoms with Gasteiger partial charge in [-0.25, -0.2) is 0 Å². The highest BCUT2D eigenvalue weighted by Gasteiger charge is 2.30. The second kappa shape index (κ2) is 5.50. The quantitative estimate of drug-likeness (QED) is 0.530. The van der Waals surface area contributed by atoms with Crippen LogP contribution in [0.1, 0.15) is 0 Å². The molecule has 1 N–H and O–H groups in total. The SMILES string of the molecule is C#CCNCC(=O)N(C)CC(F)(F)F. The Balaban J connectivity index is 3.84. The van der Waals surface area contributed by atoms with Crippen LogP contribution in [0.4, 0.5) is 13.2 Å². The van der Waals surface area contributed by atoms with Gasteiger partial charge in [0.15, 0.2) is 0 Å². The van der Waals surface area contributed by atoms with Crippen LogP contribution in [-0.4, -0.2) is 43.7 Å². The number of likely N-dealkylation sites (N-methyl/N-ethyl adjacent to an activating group) is 1. The van der Waals surface area contributed by atoms with E-state index in [2.05, 4.69) is 11.2 Å². The van der Waals surface area contributed by atoms with Crippen molar-refractivity contribution in [3.63, 3.8) is 0 Å². The molecule has 0 saturated carbocycles. The number of hydrogen-bond acceptors (Lipinski definition) is 2. The Morgan fingerprint density at radius 3 is 2.57 bits per heavy atom. The maximum Gasteiger partial charge on any atom is 0.406 e. The van der Waals surface area contributed by atoms with Crippen LogP contribution in [0.25, 0.3) is 0 Å². The zero-order valence-electron chi connectivity index (χ0n) is 7.69. The maximum absolute atomic E-state index is 11.8. The number of halogens is 3. The fourth-order valence-electron chi connectivity index (χ4n) is 0.734. The van der Waals surface area contributed by atoms with Crippen molar-refractivity contribution in [3.8, 4) is 12.3 Å². The Morgan fingerprint density at radius 2 is 2.14 bits per heavy atom. The summed E-state index contributed by atoms with van der Waals surface area (Å²) < 4.78 is 35.4. The summed E-state index contributed by atoms with van der Waals surface area (Å²) in [6.45, 7) is -1.27. The Labute approximate surface area is 80.3 Å². The Kier molecular flexibility index (Phi) is 5.02. The van der Waals surface area contributed by atoms with Gasteiger partial charge >= 0.3 is 6.18 Å². The Hall–Kier alpha value is -1.22. The van der Waals surface area contributed by atoms with Gasteiger partial charge in [-0.3, -0.25) is 10.1 Å². The molecule has 0 fully saturated rings. The number of amides is 1. The highest BCUT2D eigenvalue weighted by atomic mass is 19.4. The summed E-state index contributed by atoms with van der Waals surface area (Å²) in [6.07, 6.45) is 0.511. The first kappa shape index (κ1) is 12.8. The molecule has 0 aromatic carbocycles. The minimum atomic E-state index is -4.36. The van der Waals surface area contributed by atoms with Crippen molar-refractivity contribution in [2.45, 2.75) is 6.18 Å². The first-order valence-corrected chi connectivity index (χ1v) is 3.81. The van der Waals surface area contributed by atoms with E-state index in [1.54, 1.807) is 0 Å². The number of carbonyl (C=O) groups is 1. The van der Waals surface area contributed by atoms with Gasteiger partial charge in [0, 0.05) is 7.05 Å². The van der Waals surface area contributed by atoms with Crippen LogP contribution >= 0.6 is 0 Å². The van der Waals surface area contributed by atoms with E-state index in [0.717, 1.165) is 7.05 Å². The lowest BCUT2D eigenvalue weighted by Gasteiger charge is -2.18. The van der Waals surface area contributed by atoms with Crippen molar-refractivity contribution in [1.82, 2.24) is 10.2 Å². The number of alkyl halides is 3. The van der Waals surface area contributed by atoms with E-state index < -0.39 is 18.6 Å². The minimum absolute atomic E-state index is 0.158. The third-order valence-electron chi connectivity index (χ3n) is 1.35. The van der Waals surface area contributed by atoms with Crippen LogP contribution < -0.4 is 5.32 Å². The summed E-state index contributed by atoms with van der Waals surface area (Å²) in [6, 6.07) is 0. The molecule has 6 heteroatoms. The molecule has 0 heterocycles. The summed E-state index contributed by atoms with van der Waals surface area (Å²) in [5.41, 5.74) is 0. The van der Waals surface area contributed by atoms with Crippen molar-refractivity contribution in [2.24, 2.45) is 0 Å². The lowest BCUT2D eigenvalue weighted by Crippen LogP contribution is -2.40. The molecule has 0 aliphatic carbocycles. The Bertz CT molecular complexity index is 232. The van der Waals surface area contributed by atoms with E-state index in [-0.39, 0.29) is 13.1 Å². The average Bonchev–Trinajstić information content (AvgIpc) is 2.01. The molecule has 0 bridgehead atoms. The predicted octanol–water partition coefficient (Wildman–Crippen LogP) is 0.230. The molecule has 0 rings (SSSR count). The van der Waals surface area contributed by atoms with E-state index >= 15 is 0 Å². The fraction of sp³-hybridized carbons (Fsp3) is 0.625. The van der Waals surface area contributed by atoms with E-state index in [0.29, 0.717) is 4.90 Å². The summed E-state index contributed by atoms with van der Waals surface area (Å²) >= 11 is 0. The summed E-state index contributed by atoms with van der Waals surface area (Å²) in [5, 5.41) is 2.51. The first-order chi connectivity index (χ1) is 6.37. The number of carbonyl (C=O) groups excluding carboxylic acids is 1. The molecule has 0 unspecified atom stereocenters. The van der Waals surface area contributed by atoms with Gasteiger partial charge in [-0.05, 0) is 0 Å². The Morgan fingerprint density at radius 1 is 1.57 bits per heavy atom. The molecule has 0 atom stereocenters. The van der Waals surface area contributed by atoms with Crippen LogP contribution in [0.5, 0.6) is 0 Å². The molecule has 0 radical (unpaired) electrons. The van der Waals surface area contributed by atoms with Gasteiger partial charge in [-0.2, -0.15) is 13.2 Å². The minimum Gasteiger partial charge on any atom is -0.336 e. The molecule has 0 aromatic rings. The number of nitrogens with zero attached hydrogens (tertiary/aromatic N) is 1. The summed E-state index contributed by atoms with van der Waals surface area (Å²) in [7, 11) is 1.09.